The Kier molecular flexibility index (Phi) is 6.18. The van der Waals surface area contributed by atoms with Gasteiger partial charge in [0.2, 0.25) is 5.16 Å². The van der Waals surface area contributed by atoms with Gasteiger partial charge in [0, 0.05) is 0 Å². The van der Waals surface area contributed by atoms with Crippen molar-refractivity contribution in [2.75, 3.05) is 12.4 Å². The summed E-state index contributed by atoms with van der Waals surface area (Å²) >= 11 is 1.36. The summed E-state index contributed by atoms with van der Waals surface area (Å²) in [6, 6.07) is 13.5. The van der Waals surface area contributed by atoms with Gasteiger partial charge >= 0.3 is 5.97 Å². The number of benzene rings is 2. The van der Waals surface area contributed by atoms with Crippen molar-refractivity contribution in [3.05, 3.63) is 65.5 Å². The zero-order valence-electron chi connectivity index (χ0n) is 14.4. The van der Waals surface area contributed by atoms with Crippen LogP contribution in [0.2, 0.25) is 0 Å². The standard InChI is InChI=1S/C19H15FN4O2S/c1-14-8-10-15(11-9-14)24-19(21-22-23-24)27-13-5-4-12-26-18(25)16-6-2-3-7-17(16)20/h2-3,6-11H,12-13H2,1H3. The van der Waals surface area contributed by atoms with Crippen molar-refractivity contribution in [3.63, 3.8) is 0 Å². The second-order valence-electron chi connectivity index (χ2n) is 5.41. The normalized spacial score (nSPS) is 10.1. The highest BCUT2D eigenvalue weighted by atomic mass is 32.2. The Hall–Kier alpha value is -3.18. The van der Waals surface area contributed by atoms with Crippen molar-refractivity contribution in [1.82, 2.24) is 20.2 Å². The van der Waals surface area contributed by atoms with E-state index in [9.17, 15) is 9.18 Å². The van der Waals surface area contributed by atoms with Gasteiger partial charge in [-0.2, -0.15) is 4.68 Å². The van der Waals surface area contributed by atoms with Crippen LogP contribution in [0.25, 0.3) is 5.69 Å². The van der Waals surface area contributed by atoms with Gasteiger partial charge in [-0.25, -0.2) is 9.18 Å². The number of nitrogens with zero attached hydrogens (tertiary/aromatic N) is 4. The number of ether oxygens (including phenoxy) is 1. The van der Waals surface area contributed by atoms with E-state index in [-0.39, 0.29) is 12.2 Å². The Morgan fingerprint density at radius 3 is 2.74 bits per heavy atom. The summed E-state index contributed by atoms with van der Waals surface area (Å²) in [6.07, 6.45) is 0. The van der Waals surface area contributed by atoms with Gasteiger partial charge in [0.05, 0.1) is 17.0 Å². The van der Waals surface area contributed by atoms with Gasteiger partial charge in [-0.3, -0.25) is 0 Å². The molecule has 0 aliphatic rings. The lowest BCUT2D eigenvalue weighted by atomic mass is 10.2. The maximum Gasteiger partial charge on any atom is 0.342 e. The smallest absolute Gasteiger partial charge is 0.342 e. The molecule has 3 aromatic rings. The Balaban J connectivity index is 1.50. The first-order valence-corrected chi connectivity index (χ1v) is 8.99. The lowest BCUT2D eigenvalue weighted by Gasteiger charge is -2.03. The lowest BCUT2D eigenvalue weighted by molar-refractivity contribution is 0.0551. The van der Waals surface area contributed by atoms with Crippen LogP contribution in [0.1, 0.15) is 15.9 Å². The van der Waals surface area contributed by atoms with E-state index in [2.05, 4.69) is 27.4 Å². The van der Waals surface area contributed by atoms with Crippen molar-refractivity contribution >= 4 is 17.7 Å². The molecule has 0 N–H and O–H groups in total. The van der Waals surface area contributed by atoms with Gasteiger partial charge in [0.1, 0.15) is 5.82 Å². The number of thioether (sulfide) groups is 1. The summed E-state index contributed by atoms with van der Waals surface area (Å²) in [7, 11) is 0. The summed E-state index contributed by atoms with van der Waals surface area (Å²) in [5.74, 6) is 4.65. The van der Waals surface area contributed by atoms with E-state index in [4.69, 9.17) is 4.74 Å². The molecule has 0 saturated carbocycles. The molecule has 0 fully saturated rings. The Morgan fingerprint density at radius 2 is 1.96 bits per heavy atom. The topological polar surface area (TPSA) is 69.9 Å². The average molecular weight is 382 g/mol. The molecular weight excluding hydrogens is 367 g/mol. The van der Waals surface area contributed by atoms with Crippen LogP contribution < -0.4 is 0 Å². The highest BCUT2D eigenvalue weighted by molar-refractivity contribution is 7.99. The number of hydrogen-bond donors (Lipinski definition) is 0. The van der Waals surface area contributed by atoms with Crippen LogP contribution >= 0.6 is 11.8 Å². The van der Waals surface area contributed by atoms with Crippen LogP contribution in [0.15, 0.2) is 53.7 Å². The quantitative estimate of drug-likeness (QED) is 0.384. The van der Waals surface area contributed by atoms with E-state index in [1.54, 1.807) is 10.7 Å². The van der Waals surface area contributed by atoms with E-state index in [0.29, 0.717) is 10.9 Å². The van der Waals surface area contributed by atoms with E-state index in [1.165, 1.54) is 30.0 Å². The number of esters is 1. The fourth-order valence-corrected chi connectivity index (χ4v) is 2.79. The van der Waals surface area contributed by atoms with Crippen LogP contribution in [0.4, 0.5) is 4.39 Å². The number of hydrogen-bond acceptors (Lipinski definition) is 6. The van der Waals surface area contributed by atoms with E-state index < -0.39 is 11.8 Å². The van der Waals surface area contributed by atoms with Crippen LogP contribution in [0.5, 0.6) is 0 Å². The summed E-state index contributed by atoms with van der Waals surface area (Å²) < 4.78 is 20.0. The number of carbonyl (C=O) groups excluding carboxylic acids is 1. The van der Waals surface area contributed by atoms with Gasteiger partial charge in [0.15, 0.2) is 6.61 Å². The third kappa shape index (κ3) is 4.92. The van der Waals surface area contributed by atoms with E-state index >= 15 is 0 Å². The van der Waals surface area contributed by atoms with Crippen LogP contribution in [0, 0.1) is 24.6 Å². The third-order valence-corrected chi connectivity index (χ3v) is 4.29. The predicted molar refractivity (Wildman–Crippen MR) is 99.1 cm³/mol. The summed E-state index contributed by atoms with van der Waals surface area (Å²) in [5, 5.41) is 12.3. The maximum atomic E-state index is 13.5. The fourth-order valence-electron chi connectivity index (χ4n) is 2.13. The lowest BCUT2D eigenvalue weighted by Crippen LogP contribution is -2.07. The molecule has 1 heterocycles. The fraction of sp³-hybridized carbons (Fsp3) is 0.158. The minimum absolute atomic E-state index is 0.106. The highest BCUT2D eigenvalue weighted by Gasteiger charge is 2.11. The minimum atomic E-state index is -0.738. The second kappa shape index (κ2) is 8.96. The number of aryl methyl sites for hydroxylation is 1. The molecule has 8 heteroatoms. The molecule has 0 bridgehead atoms. The van der Waals surface area contributed by atoms with Gasteiger partial charge < -0.3 is 4.74 Å². The molecule has 136 valence electrons. The first kappa shape index (κ1) is 18.6. The molecule has 1 aromatic heterocycles. The van der Waals surface area contributed by atoms with Crippen molar-refractivity contribution < 1.29 is 13.9 Å². The van der Waals surface area contributed by atoms with Gasteiger partial charge in [-0.15, -0.1) is 5.10 Å². The molecule has 27 heavy (non-hydrogen) atoms. The molecule has 0 spiro atoms. The SMILES string of the molecule is Cc1ccc(-n2nnnc2SCC#CCOC(=O)c2ccccc2F)cc1. The minimum Gasteiger partial charge on any atom is -0.449 e. The number of rotatable bonds is 5. The number of tetrazole rings is 1. The van der Waals surface area contributed by atoms with Crippen molar-refractivity contribution in [3.8, 4) is 17.5 Å². The first-order valence-electron chi connectivity index (χ1n) is 8.01. The molecule has 2 aromatic carbocycles. The van der Waals surface area contributed by atoms with Crippen LogP contribution in [-0.4, -0.2) is 38.5 Å². The van der Waals surface area contributed by atoms with Gasteiger partial charge in [0.25, 0.3) is 0 Å². The molecule has 0 saturated heterocycles. The highest BCUT2D eigenvalue weighted by Crippen LogP contribution is 2.17. The molecule has 0 amide bonds. The number of halogens is 1. The summed E-state index contributed by atoms with van der Waals surface area (Å²) in [6.45, 7) is 1.89. The molecule has 0 atom stereocenters. The number of aromatic nitrogens is 4. The second-order valence-corrected chi connectivity index (χ2v) is 6.35. The monoisotopic (exact) mass is 382 g/mol. The predicted octanol–water partition coefficient (Wildman–Crippen LogP) is 3.06. The van der Waals surface area contributed by atoms with Crippen molar-refractivity contribution in [2.24, 2.45) is 0 Å². The van der Waals surface area contributed by atoms with E-state index in [1.807, 2.05) is 31.2 Å². The molecule has 0 radical (unpaired) electrons. The molecule has 6 nitrogen and oxygen atoms in total. The summed E-state index contributed by atoms with van der Waals surface area (Å²) in [5.41, 5.74) is 1.91. The maximum absolute atomic E-state index is 13.5. The molecule has 3 rings (SSSR count). The van der Waals surface area contributed by atoms with Gasteiger partial charge in [-0.05, 0) is 41.6 Å². The Morgan fingerprint density at radius 1 is 1.19 bits per heavy atom. The molecular formula is C19H15FN4O2S. The molecule has 0 aliphatic carbocycles. The first-order chi connectivity index (χ1) is 13.1. The van der Waals surface area contributed by atoms with Crippen LogP contribution in [0.3, 0.4) is 0 Å². The van der Waals surface area contributed by atoms with Crippen LogP contribution in [-0.2, 0) is 4.74 Å². The van der Waals surface area contributed by atoms with E-state index in [0.717, 1.165) is 11.3 Å². The zero-order chi connectivity index (χ0) is 19.1. The largest absolute Gasteiger partial charge is 0.449 e. The van der Waals surface area contributed by atoms with Gasteiger partial charge in [-0.1, -0.05) is 53.4 Å². The Bertz CT molecular complexity index is 993. The summed E-state index contributed by atoms with van der Waals surface area (Å²) in [4.78, 5) is 11.7. The zero-order valence-corrected chi connectivity index (χ0v) is 15.2. The Labute approximate surface area is 159 Å². The molecule has 0 aliphatic heterocycles. The van der Waals surface area contributed by atoms with Crippen molar-refractivity contribution in [2.45, 2.75) is 12.1 Å². The average Bonchev–Trinajstić information content (AvgIpc) is 3.14. The molecule has 0 unspecified atom stereocenters. The van der Waals surface area contributed by atoms with Crippen molar-refractivity contribution in [1.29, 1.82) is 0 Å². The third-order valence-electron chi connectivity index (χ3n) is 3.49. The number of carbonyl (C=O) groups is 1.